The number of carbonyl (C=O) groups is 1. The second-order valence-electron chi connectivity index (χ2n) is 8.94. The molecule has 0 saturated heterocycles. The molecule has 0 fully saturated rings. The number of hydrogen-bond donors (Lipinski definition) is 2. The van der Waals surface area contributed by atoms with E-state index in [-0.39, 0.29) is 10.9 Å². The molecule has 37 heavy (non-hydrogen) atoms. The number of fused-ring (bicyclic) bond motifs is 3. The number of anilines is 2. The summed E-state index contributed by atoms with van der Waals surface area (Å²) in [5.41, 5.74) is 8.23. The van der Waals surface area contributed by atoms with Crippen molar-refractivity contribution in [3.05, 3.63) is 82.0 Å². The molecule has 0 radical (unpaired) electrons. The Bertz CT molecular complexity index is 1720. The lowest BCUT2D eigenvalue weighted by molar-refractivity contribution is 0.0536. The Balaban J connectivity index is 1.55. The maximum atomic E-state index is 13.3. The summed E-state index contributed by atoms with van der Waals surface area (Å²) in [6.07, 6.45) is 7.84. The van der Waals surface area contributed by atoms with Gasteiger partial charge in [-0.05, 0) is 67.6 Å². The van der Waals surface area contributed by atoms with E-state index in [1.165, 1.54) is 30.6 Å². The third-order valence-electron chi connectivity index (χ3n) is 6.80. The number of benzene rings is 2. The topological polar surface area (TPSA) is 118 Å². The molecule has 10 nitrogen and oxygen atoms in total. The number of rotatable bonds is 6. The Kier molecular flexibility index (Phi) is 5.65. The molecule has 1 aliphatic rings. The smallest absolute Gasteiger partial charge is 0.280 e. The van der Waals surface area contributed by atoms with E-state index in [0.29, 0.717) is 18.1 Å². The fraction of sp³-hybridized carbons (Fsp3) is 0.222. The SMILES string of the molecule is CCN(c1ccc2nc[nH]c2c1)c1ncc2c(=O)c(C(=O)NOC)cn(-c3ccc4c(c3)CCC4)c2n1. The molecule has 10 heteroatoms. The highest BCUT2D eigenvalue weighted by atomic mass is 16.6. The molecule has 6 rings (SSSR count). The summed E-state index contributed by atoms with van der Waals surface area (Å²) in [4.78, 5) is 49.5. The van der Waals surface area contributed by atoms with Crippen LogP contribution in [0.1, 0.15) is 34.8 Å². The van der Waals surface area contributed by atoms with Crippen LogP contribution in [0.4, 0.5) is 11.6 Å². The first-order valence-corrected chi connectivity index (χ1v) is 12.2. The lowest BCUT2D eigenvalue weighted by atomic mass is 10.1. The molecular formula is C27H25N7O3. The van der Waals surface area contributed by atoms with Gasteiger partial charge in [0.25, 0.3) is 5.91 Å². The van der Waals surface area contributed by atoms with Gasteiger partial charge >= 0.3 is 0 Å². The van der Waals surface area contributed by atoms with Crippen LogP contribution in [-0.2, 0) is 17.7 Å². The van der Waals surface area contributed by atoms with Crippen LogP contribution in [-0.4, -0.2) is 44.1 Å². The lowest BCUT2D eigenvalue weighted by Gasteiger charge is -2.22. The van der Waals surface area contributed by atoms with Crippen LogP contribution >= 0.6 is 0 Å². The number of nitrogens with one attached hydrogen (secondary N) is 2. The fourth-order valence-electron chi connectivity index (χ4n) is 4.98. The number of aromatic amines is 1. The highest BCUT2D eigenvalue weighted by Gasteiger charge is 2.21. The maximum Gasteiger partial charge on any atom is 0.280 e. The van der Waals surface area contributed by atoms with E-state index in [0.717, 1.165) is 41.7 Å². The van der Waals surface area contributed by atoms with Crippen molar-refractivity contribution >= 4 is 39.6 Å². The van der Waals surface area contributed by atoms with Crippen LogP contribution < -0.4 is 15.8 Å². The Morgan fingerprint density at radius 1 is 1.16 bits per heavy atom. The minimum absolute atomic E-state index is 0.0526. The van der Waals surface area contributed by atoms with Crippen molar-refractivity contribution in [2.24, 2.45) is 0 Å². The van der Waals surface area contributed by atoms with Gasteiger partial charge in [-0.25, -0.2) is 15.4 Å². The van der Waals surface area contributed by atoms with Crippen molar-refractivity contribution in [2.75, 3.05) is 18.6 Å². The second-order valence-corrected chi connectivity index (χ2v) is 8.94. The Labute approximate surface area is 211 Å². The van der Waals surface area contributed by atoms with E-state index in [9.17, 15) is 9.59 Å². The molecule has 1 aliphatic carbocycles. The molecule has 2 N–H and O–H groups in total. The van der Waals surface area contributed by atoms with E-state index in [1.807, 2.05) is 36.1 Å². The maximum absolute atomic E-state index is 13.3. The minimum atomic E-state index is -0.628. The molecular weight excluding hydrogens is 470 g/mol. The van der Waals surface area contributed by atoms with Gasteiger partial charge in [-0.3, -0.25) is 14.4 Å². The summed E-state index contributed by atoms with van der Waals surface area (Å²) in [7, 11) is 1.33. The number of amides is 1. The van der Waals surface area contributed by atoms with Crippen molar-refractivity contribution < 1.29 is 9.63 Å². The molecule has 0 unspecified atom stereocenters. The second kappa shape index (κ2) is 9.14. The zero-order valence-corrected chi connectivity index (χ0v) is 20.5. The first-order valence-electron chi connectivity index (χ1n) is 12.2. The molecule has 186 valence electrons. The predicted octanol–water partition coefficient (Wildman–Crippen LogP) is 3.59. The van der Waals surface area contributed by atoms with E-state index in [2.05, 4.69) is 32.6 Å². The van der Waals surface area contributed by atoms with Crippen LogP contribution in [0.15, 0.2) is 59.9 Å². The first kappa shape index (κ1) is 22.9. The van der Waals surface area contributed by atoms with Gasteiger partial charge in [-0.1, -0.05) is 6.07 Å². The number of aromatic nitrogens is 5. The molecule has 3 heterocycles. The number of nitrogens with zero attached hydrogens (tertiary/aromatic N) is 5. The molecule has 0 atom stereocenters. The van der Waals surface area contributed by atoms with Gasteiger partial charge in [0.2, 0.25) is 11.4 Å². The molecule has 3 aromatic heterocycles. The van der Waals surface area contributed by atoms with Crippen LogP contribution in [0.3, 0.4) is 0 Å². The summed E-state index contributed by atoms with van der Waals surface area (Å²) in [6, 6.07) is 12.1. The van der Waals surface area contributed by atoms with Crippen molar-refractivity contribution in [3.8, 4) is 5.69 Å². The fourth-order valence-corrected chi connectivity index (χ4v) is 4.98. The number of imidazole rings is 1. The molecule has 0 spiro atoms. The van der Waals surface area contributed by atoms with Crippen molar-refractivity contribution in [2.45, 2.75) is 26.2 Å². The van der Waals surface area contributed by atoms with E-state index >= 15 is 0 Å². The zero-order chi connectivity index (χ0) is 25.5. The largest absolute Gasteiger partial charge is 0.345 e. The molecule has 0 saturated carbocycles. The number of carbonyl (C=O) groups excluding carboxylic acids is 1. The highest BCUT2D eigenvalue weighted by molar-refractivity contribution is 5.96. The molecule has 0 bridgehead atoms. The van der Waals surface area contributed by atoms with Gasteiger partial charge in [0.05, 0.1) is 29.9 Å². The lowest BCUT2D eigenvalue weighted by Crippen LogP contribution is -2.29. The van der Waals surface area contributed by atoms with Gasteiger partial charge in [0.15, 0.2) is 5.65 Å². The monoisotopic (exact) mass is 495 g/mol. The summed E-state index contributed by atoms with van der Waals surface area (Å²) >= 11 is 0. The zero-order valence-electron chi connectivity index (χ0n) is 20.5. The van der Waals surface area contributed by atoms with E-state index in [1.54, 1.807) is 10.9 Å². The van der Waals surface area contributed by atoms with Gasteiger partial charge in [0.1, 0.15) is 5.56 Å². The quantitative estimate of drug-likeness (QED) is 0.346. The highest BCUT2D eigenvalue weighted by Crippen LogP contribution is 2.28. The van der Waals surface area contributed by atoms with E-state index < -0.39 is 11.3 Å². The average molecular weight is 496 g/mol. The predicted molar refractivity (Wildman–Crippen MR) is 140 cm³/mol. The normalized spacial score (nSPS) is 12.7. The van der Waals surface area contributed by atoms with Crippen LogP contribution in [0, 0.1) is 0 Å². The standard InChI is InChI=1S/C27H25N7O3/c1-3-33(19-9-10-22-23(12-19)30-15-29-22)27-28-13-20-24(35)21(26(36)32-37-2)14-34(25(20)31-27)18-8-7-16-5-4-6-17(16)11-18/h7-15H,3-6H2,1-2H3,(H,29,30)(H,32,36). The summed E-state index contributed by atoms with van der Waals surface area (Å²) < 4.78 is 1.79. The number of aryl methyl sites for hydroxylation is 2. The summed E-state index contributed by atoms with van der Waals surface area (Å²) in [5, 5.41) is 0.244. The van der Waals surface area contributed by atoms with Crippen molar-refractivity contribution in [1.29, 1.82) is 0 Å². The Morgan fingerprint density at radius 3 is 2.86 bits per heavy atom. The van der Waals surface area contributed by atoms with Crippen LogP contribution in [0.5, 0.6) is 0 Å². The number of H-pyrrole nitrogens is 1. The molecule has 1 amide bonds. The number of hydroxylamine groups is 1. The van der Waals surface area contributed by atoms with Crippen LogP contribution in [0.2, 0.25) is 0 Å². The molecule has 5 aromatic rings. The van der Waals surface area contributed by atoms with Gasteiger partial charge in [-0.2, -0.15) is 4.98 Å². The Hall–Kier alpha value is -4.57. The van der Waals surface area contributed by atoms with Gasteiger partial charge < -0.3 is 14.5 Å². The van der Waals surface area contributed by atoms with E-state index in [4.69, 9.17) is 9.82 Å². The minimum Gasteiger partial charge on any atom is -0.345 e. The summed E-state index contributed by atoms with van der Waals surface area (Å²) in [6.45, 7) is 2.61. The summed E-state index contributed by atoms with van der Waals surface area (Å²) in [5.74, 6) is -0.186. The van der Waals surface area contributed by atoms with Gasteiger partial charge in [-0.15, -0.1) is 0 Å². The molecule has 0 aliphatic heterocycles. The third-order valence-corrected chi connectivity index (χ3v) is 6.80. The number of hydrogen-bond acceptors (Lipinski definition) is 7. The third kappa shape index (κ3) is 3.91. The average Bonchev–Trinajstić information content (AvgIpc) is 3.58. The Morgan fingerprint density at radius 2 is 2.03 bits per heavy atom. The number of pyridine rings is 1. The van der Waals surface area contributed by atoms with Gasteiger partial charge in [0, 0.05) is 30.3 Å². The van der Waals surface area contributed by atoms with Crippen molar-refractivity contribution in [1.82, 2.24) is 30.0 Å². The van der Waals surface area contributed by atoms with Crippen molar-refractivity contribution in [3.63, 3.8) is 0 Å². The molecule has 2 aromatic carbocycles. The van der Waals surface area contributed by atoms with Crippen LogP contribution in [0.25, 0.3) is 27.8 Å². The first-order chi connectivity index (χ1) is 18.1.